The van der Waals surface area contributed by atoms with Gasteiger partial charge in [-0.3, -0.25) is 0 Å². The molecular formula is C4H12O3S3. The first-order valence-electron chi connectivity index (χ1n) is 2.42. The summed E-state index contributed by atoms with van der Waals surface area (Å²) in [5, 5.41) is -0.136. The second-order valence-corrected chi connectivity index (χ2v) is 5.21. The van der Waals surface area contributed by atoms with Gasteiger partial charge in [0.15, 0.2) is 0 Å². The number of sulfone groups is 1. The lowest BCUT2D eigenvalue weighted by atomic mass is 10.6. The van der Waals surface area contributed by atoms with Gasteiger partial charge in [-0.15, -0.1) is 0 Å². The molecular weight excluding hydrogens is 192 g/mol. The zero-order chi connectivity index (χ0) is 7.49. The van der Waals surface area contributed by atoms with E-state index in [1.807, 2.05) is 0 Å². The van der Waals surface area contributed by atoms with Gasteiger partial charge in [0.1, 0.15) is 9.84 Å². The van der Waals surface area contributed by atoms with E-state index in [0.29, 0.717) is 5.75 Å². The number of rotatable bonds is 3. The summed E-state index contributed by atoms with van der Waals surface area (Å²) in [4.78, 5) is 0. The van der Waals surface area contributed by atoms with Crippen LogP contribution in [0.2, 0.25) is 0 Å². The third-order valence-electron chi connectivity index (χ3n) is 0.706. The lowest BCUT2D eigenvalue weighted by molar-refractivity contribution is 0.601. The first-order valence-corrected chi connectivity index (χ1v) is 5.63. The Morgan fingerprint density at radius 2 is 1.90 bits per heavy atom. The van der Waals surface area contributed by atoms with E-state index in [1.165, 1.54) is 6.26 Å². The Morgan fingerprint density at radius 1 is 1.50 bits per heavy atom. The predicted molar refractivity (Wildman–Crippen MR) is 50.0 cm³/mol. The lowest BCUT2D eigenvalue weighted by Crippen LogP contribution is -2.15. The van der Waals surface area contributed by atoms with Gasteiger partial charge in [-0.1, -0.05) is 0 Å². The van der Waals surface area contributed by atoms with Gasteiger partial charge in [0.05, 0.1) is 5.75 Å². The van der Waals surface area contributed by atoms with Gasteiger partial charge < -0.3 is 5.48 Å². The van der Waals surface area contributed by atoms with Crippen molar-refractivity contribution in [3.05, 3.63) is 0 Å². The topological polar surface area (TPSA) is 65.6 Å². The molecule has 10 heavy (non-hydrogen) atoms. The summed E-state index contributed by atoms with van der Waals surface area (Å²) < 4.78 is 21.0. The molecule has 0 bridgehead atoms. The van der Waals surface area contributed by atoms with Crippen molar-refractivity contribution in [2.24, 2.45) is 0 Å². The fraction of sp³-hybridized carbons (Fsp3) is 1.00. The highest BCUT2D eigenvalue weighted by atomic mass is 32.2. The third kappa shape index (κ3) is 8.61. The zero-order valence-corrected chi connectivity index (χ0v) is 8.22. The molecule has 1 unspecified atom stereocenters. The summed E-state index contributed by atoms with van der Waals surface area (Å²) in [7, 11) is -2.86. The second-order valence-electron chi connectivity index (χ2n) is 1.93. The molecule has 0 saturated carbocycles. The molecule has 0 aromatic rings. The van der Waals surface area contributed by atoms with E-state index in [1.54, 1.807) is 0 Å². The quantitative estimate of drug-likeness (QED) is 0.605. The van der Waals surface area contributed by atoms with Crippen molar-refractivity contribution in [1.29, 1.82) is 0 Å². The van der Waals surface area contributed by atoms with Gasteiger partial charge in [-0.2, -0.15) is 25.3 Å². The summed E-state index contributed by atoms with van der Waals surface area (Å²) in [6.07, 6.45) is 1.19. The van der Waals surface area contributed by atoms with E-state index >= 15 is 0 Å². The van der Waals surface area contributed by atoms with Crippen LogP contribution in [0.25, 0.3) is 0 Å². The first kappa shape index (κ1) is 13.2. The van der Waals surface area contributed by atoms with Crippen molar-refractivity contribution in [2.45, 2.75) is 5.25 Å². The monoisotopic (exact) mass is 204 g/mol. The van der Waals surface area contributed by atoms with Crippen molar-refractivity contribution >= 4 is 35.1 Å². The molecule has 0 rings (SSSR count). The van der Waals surface area contributed by atoms with Crippen LogP contribution in [0.4, 0.5) is 0 Å². The maximum absolute atomic E-state index is 10.5. The van der Waals surface area contributed by atoms with Crippen LogP contribution in [0.15, 0.2) is 0 Å². The highest BCUT2D eigenvalue weighted by Crippen LogP contribution is 2.00. The van der Waals surface area contributed by atoms with Gasteiger partial charge in [0, 0.05) is 17.3 Å². The number of hydrogen-bond donors (Lipinski definition) is 2. The maximum Gasteiger partial charge on any atom is 0.148 e. The minimum Gasteiger partial charge on any atom is -0.412 e. The van der Waals surface area contributed by atoms with Crippen LogP contribution in [0, 0.1) is 0 Å². The molecule has 0 aromatic heterocycles. The molecule has 0 spiro atoms. The first-order chi connectivity index (χ1) is 3.95. The van der Waals surface area contributed by atoms with E-state index < -0.39 is 9.84 Å². The Balaban J connectivity index is 0. The average Bonchev–Trinajstić information content (AvgIpc) is 1.62. The van der Waals surface area contributed by atoms with Crippen molar-refractivity contribution in [3.63, 3.8) is 0 Å². The van der Waals surface area contributed by atoms with E-state index in [2.05, 4.69) is 25.3 Å². The van der Waals surface area contributed by atoms with Crippen LogP contribution in [-0.4, -0.2) is 36.9 Å². The summed E-state index contributed by atoms with van der Waals surface area (Å²) in [6.45, 7) is 0. The van der Waals surface area contributed by atoms with Crippen molar-refractivity contribution < 1.29 is 13.9 Å². The van der Waals surface area contributed by atoms with Gasteiger partial charge in [-0.25, -0.2) is 8.42 Å². The molecule has 0 aliphatic rings. The predicted octanol–water partition coefficient (Wildman–Crippen LogP) is -0.566. The van der Waals surface area contributed by atoms with Crippen molar-refractivity contribution in [1.82, 2.24) is 0 Å². The molecule has 64 valence electrons. The zero-order valence-electron chi connectivity index (χ0n) is 5.61. The highest BCUT2D eigenvalue weighted by molar-refractivity contribution is 7.92. The molecule has 6 heteroatoms. The maximum atomic E-state index is 10.5. The molecule has 0 aromatic carbocycles. The Morgan fingerprint density at radius 3 is 2.00 bits per heavy atom. The molecule has 0 heterocycles. The molecule has 0 radical (unpaired) electrons. The normalized spacial score (nSPS) is 13.9. The van der Waals surface area contributed by atoms with Crippen molar-refractivity contribution in [2.75, 3.05) is 17.8 Å². The molecule has 2 N–H and O–H groups in total. The third-order valence-corrected chi connectivity index (χ3v) is 3.05. The molecule has 0 aliphatic carbocycles. The van der Waals surface area contributed by atoms with Crippen LogP contribution in [0.5, 0.6) is 0 Å². The molecule has 0 amide bonds. The standard InChI is InChI=1S/C4H10O2S3.H2O/c1-9(5,6)3-4(8)2-7;/h4,7-8H,2-3H2,1H3;1H2. The van der Waals surface area contributed by atoms with Crippen LogP contribution >= 0.6 is 25.3 Å². The molecule has 0 aliphatic heterocycles. The van der Waals surface area contributed by atoms with E-state index in [4.69, 9.17) is 0 Å². The highest BCUT2D eigenvalue weighted by Gasteiger charge is 2.08. The van der Waals surface area contributed by atoms with Crippen molar-refractivity contribution in [3.8, 4) is 0 Å². The smallest absolute Gasteiger partial charge is 0.148 e. The molecule has 3 nitrogen and oxygen atoms in total. The van der Waals surface area contributed by atoms with E-state index in [9.17, 15) is 8.42 Å². The second kappa shape index (κ2) is 5.29. The fourth-order valence-electron chi connectivity index (χ4n) is 0.402. The SMILES string of the molecule is CS(=O)(=O)CC(S)CS.O. The summed E-state index contributed by atoms with van der Waals surface area (Å²) >= 11 is 7.85. The Kier molecular flexibility index (Phi) is 6.99. The molecule has 0 saturated heterocycles. The summed E-state index contributed by atoms with van der Waals surface area (Å²) in [5.74, 6) is 0.607. The van der Waals surface area contributed by atoms with Gasteiger partial charge in [0.2, 0.25) is 0 Å². The lowest BCUT2D eigenvalue weighted by Gasteiger charge is -2.02. The summed E-state index contributed by atoms with van der Waals surface area (Å²) in [6, 6.07) is 0. The number of thiol groups is 2. The molecule has 0 fully saturated rings. The summed E-state index contributed by atoms with van der Waals surface area (Å²) in [5.41, 5.74) is 0. The van der Waals surface area contributed by atoms with Crippen LogP contribution < -0.4 is 0 Å². The fourth-order valence-corrected chi connectivity index (χ4v) is 2.34. The van der Waals surface area contributed by atoms with Gasteiger partial charge in [-0.05, 0) is 0 Å². The Hall–Kier alpha value is 0.610. The van der Waals surface area contributed by atoms with Gasteiger partial charge >= 0.3 is 0 Å². The molecule has 1 atom stereocenters. The largest absolute Gasteiger partial charge is 0.412 e. The number of hydrogen-bond acceptors (Lipinski definition) is 4. The van der Waals surface area contributed by atoms with Gasteiger partial charge in [0.25, 0.3) is 0 Å². The Bertz CT molecular complexity index is 163. The Labute approximate surface area is 72.3 Å². The van der Waals surface area contributed by atoms with E-state index in [-0.39, 0.29) is 16.5 Å². The van der Waals surface area contributed by atoms with Crippen LogP contribution in [0.3, 0.4) is 0 Å². The van der Waals surface area contributed by atoms with Crippen LogP contribution in [-0.2, 0) is 9.84 Å². The average molecular weight is 204 g/mol. The van der Waals surface area contributed by atoms with E-state index in [0.717, 1.165) is 0 Å². The minimum absolute atomic E-state index is 0. The van der Waals surface area contributed by atoms with Crippen LogP contribution in [0.1, 0.15) is 0 Å². The minimum atomic E-state index is -2.86.